The second-order valence-corrected chi connectivity index (χ2v) is 4.72. The van der Waals surface area contributed by atoms with E-state index in [4.69, 9.17) is 0 Å². The molecule has 2 rings (SSSR count). The SMILES string of the molecule is CC(=O)Nc1cccc(NC(C)c2cccc(O)c2)c1. The van der Waals surface area contributed by atoms with E-state index in [0.29, 0.717) is 0 Å². The Morgan fingerprint density at radius 1 is 1.10 bits per heavy atom. The number of hydrogen-bond acceptors (Lipinski definition) is 3. The number of nitrogens with one attached hydrogen (secondary N) is 2. The zero-order chi connectivity index (χ0) is 14.5. The van der Waals surface area contributed by atoms with Gasteiger partial charge in [-0.15, -0.1) is 0 Å². The fourth-order valence-corrected chi connectivity index (χ4v) is 2.02. The molecule has 104 valence electrons. The zero-order valence-corrected chi connectivity index (χ0v) is 11.6. The highest BCUT2D eigenvalue weighted by Gasteiger charge is 2.06. The lowest BCUT2D eigenvalue weighted by atomic mass is 10.1. The first-order chi connectivity index (χ1) is 9.54. The summed E-state index contributed by atoms with van der Waals surface area (Å²) in [5.41, 5.74) is 2.66. The van der Waals surface area contributed by atoms with Crippen LogP contribution in [0.4, 0.5) is 11.4 Å². The number of carbonyl (C=O) groups is 1. The van der Waals surface area contributed by atoms with Crippen LogP contribution in [0.25, 0.3) is 0 Å². The molecule has 0 saturated heterocycles. The van der Waals surface area contributed by atoms with E-state index < -0.39 is 0 Å². The summed E-state index contributed by atoms with van der Waals surface area (Å²) in [5, 5.41) is 15.6. The quantitative estimate of drug-likeness (QED) is 0.796. The molecule has 0 spiro atoms. The molecule has 0 saturated carbocycles. The van der Waals surface area contributed by atoms with E-state index in [2.05, 4.69) is 10.6 Å². The Labute approximate surface area is 118 Å². The summed E-state index contributed by atoms with van der Waals surface area (Å²) < 4.78 is 0. The van der Waals surface area contributed by atoms with Gasteiger partial charge in [-0.05, 0) is 42.8 Å². The number of anilines is 2. The van der Waals surface area contributed by atoms with Crippen LogP contribution in [0.2, 0.25) is 0 Å². The number of hydrogen-bond donors (Lipinski definition) is 3. The predicted octanol–water partition coefficient (Wildman–Crippen LogP) is 3.52. The third-order valence-electron chi connectivity index (χ3n) is 2.94. The van der Waals surface area contributed by atoms with Crippen molar-refractivity contribution < 1.29 is 9.90 Å². The molecule has 0 aromatic heterocycles. The van der Waals surface area contributed by atoms with Gasteiger partial charge in [-0.1, -0.05) is 18.2 Å². The fraction of sp³-hybridized carbons (Fsp3) is 0.188. The monoisotopic (exact) mass is 270 g/mol. The van der Waals surface area contributed by atoms with E-state index in [1.54, 1.807) is 12.1 Å². The fourth-order valence-electron chi connectivity index (χ4n) is 2.02. The number of rotatable bonds is 4. The first kappa shape index (κ1) is 13.9. The van der Waals surface area contributed by atoms with Gasteiger partial charge in [0.25, 0.3) is 0 Å². The van der Waals surface area contributed by atoms with Crippen LogP contribution in [0.15, 0.2) is 48.5 Å². The van der Waals surface area contributed by atoms with Gasteiger partial charge >= 0.3 is 0 Å². The van der Waals surface area contributed by atoms with Gasteiger partial charge in [0.05, 0.1) is 0 Å². The van der Waals surface area contributed by atoms with Crippen LogP contribution in [0.3, 0.4) is 0 Å². The van der Waals surface area contributed by atoms with E-state index in [-0.39, 0.29) is 17.7 Å². The Bertz CT molecular complexity index is 611. The van der Waals surface area contributed by atoms with Crippen LogP contribution in [-0.4, -0.2) is 11.0 Å². The second-order valence-electron chi connectivity index (χ2n) is 4.72. The van der Waals surface area contributed by atoms with Crippen LogP contribution < -0.4 is 10.6 Å². The van der Waals surface area contributed by atoms with Crippen molar-refractivity contribution in [1.82, 2.24) is 0 Å². The minimum atomic E-state index is -0.0943. The Kier molecular flexibility index (Phi) is 4.25. The predicted molar refractivity (Wildman–Crippen MR) is 80.9 cm³/mol. The Morgan fingerprint density at radius 3 is 2.50 bits per heavy atom. The third-order valence-corrected chi connectivity index (χ3v) is 2.94. The van der Waals surface area contributed by atoms with Crippen molar-refractivity contribution in [3.63, 3.8) is 0 Å². The largest absolute Gasteiger partial charge is 0.508 e. The molecule has 20 heavy (non-hydrogen) atoms. The van der Waals surface area contributed by atoms with Gasteiger partial charge in [0.2, 0.25) is 5.91 Å². The molecule has 0 bridgehead atoms. The maximum atomic E-state index is 11.0. The van der Waals surface area contributed by atoms with Crippen LogP contribution in [-0.2, 0) is 4.79 Å². The second kappa shape index (κ2) is 6.10. The van der Waals surface area contributed by atoms with Gasteiger partial charge < -0.3 is 15.7 Å². The van der Waals surface area contributed by atoms with Crippen LogP contribution in [0, 0.1) is 0 Å². The lowest BCUT2D eigenvalue weighted by molar-refractivity contribution is -0.114. The highest BCUT2D eigenvalue weighted by atomic mass is 16.3. The minimum absolute atomic E-state index is 0.0506. The van der Waals surface area contributed by atoms with Crippen molar-refractivity contribution in [2.75, 3.05) is 10.6 Å². The molecule has 4 heteroatoms. The molecule has 0 fully saturated rings. The minimum Gasteiger partial charge on any atom is -0.508 e. The third kappa shape index (κ3) is 3.75. The summed E-state index contributed by atoms with van der Waals surface area (Å²) in [5.74, 6) is 0.159. The maximum Gasteiger partial charge on any atom is 0.221 e. The molecule has 0 heterocycles. The molecule has 1 unspecified atom stereocenters. The summed E-state index contributed by atoms with van der Waals surface area (Å²) in [4.78, 5) is 11.0. The summed E-state index contributed by atoms with van der Waals surface area (Å²) in [7, 11) is 0. The van der Waals surface area contributed by atoms with Crippen molar-refractivity contribution in [3.05, 3.63) is 54.1 Å². The average molecular weight is 270 g/mol. The average Bonchev–Trinajstić information content (AvgIpc) is 2.38. The van der Waals surface area contributed by atoms with Gasteiger partial charge in [0, 0.05) is 24.3 Å². The number of carbonyl (C=O) groups excluding carboxylic acids is 1. The molecule has 0 radical (unpaired) electrons. The molecule has 1 amide bonds. The van der Waals surface area contributed by atoms with Crippen molar-refractivity contribution in [3.8, 4) is 5.75 Å². The van der Waals surface area contributed by atoms with Crippen molar-refractivity contribution in [2.24, 2.45) is 0 Å². The standard InChI is InChI=1S/C16H18N2O2/c1-11(13-5-3-8-16(20)9-13)17-14-6-4-7-15(10-14)18-12(2)19/h3-11,17,20H,1-2H3,(H,18,19). The topological polar surface area (TPSA) is 61.4 Å². The number of phenolic OH excluding ortho intramolecular Hbond substituents is 1. The molecule has 0 aliphatic carbocycles. The van der Waals surface area contributed by atoms with Crippen LogP contribution >= 0.6 is 0 Å². The summed E-state index contributed by atoms with van der Waals surface area (Å²) in [6.45, 7) is 3.50. The van der Waals surface area contributed by atoms with E-state index >= 15 is 0 Å². The Hall–Kier alpha value is -2.49. The van der Waals surface area contributed by atoms with E-state index in [1.165, 1.54) is 6.92 Å². The molecular formula is C16H18N2O2. The maximum absolute atomic E-state index is 11.0. The van der Waals surface area contributed by atoms with Crippen LogP contribution in [0.5, 0.6) is 5.75 Å². The van der Waals surface area contributed by atoms with Gasteiger partial charge in [-0.25, -0.2) is 0 Å². The number of amides is 1. The summed E-state index contributed by atoms with van der Waals surface area (Å²) in [6.07, 6.45) is 0. The highest BCUT2D eigenvalue weighted by Crippen LogP contribution is 2.23. The van der Waals surface area contributed by atoms with Gasteiger partial charge in [0.1, 0.15) is 5.75 Å². The number of phenols is 1. The van der Waals surface area contributed by atoms with E-state index in [1.807, 2.05) is 43.3 Å². The molecule has 2 aromatic rings. The Morgan fingerprint density at radius 2 is 1.80 bits per heavy atom. The first-order valence-corrected chi connectivity index (χ1v) is 6.48. The van der Waals surface area contributed by atoms with Gasteiger partial charge in [-0.3, -0.25) is 4.79 Å². The van der Waals surface area contributed by atoms with E-state index in [9.17, 15) is 9.90 Å². The Balaban J connectivity index is 2.11. The first-order valence-electron chi connectivity index (χ1n) is 6.48. The lowest BCUT2D eigenvalue weighted by Crippen LogP contribution is -2.08. The number of benzene rings is 2. The van der Waals surface area contributed by atoms with Gasteiger partial charge in [0.15, 0.2) is 0 Å². The van der Waals surface area contributed by atoms with Crippen molar-refractivity contribution in [2.45, 2.75) is 19.9 Å². The summed E-state index contributed by atoms with van der Waals surface area (Å²) >= 11 is 0. The number of aromatic hydroxyl groups is 1. The van der Waals surface area contributed by atoms with Crippen molar-refractivity contribution in [1.29, 1.82) is 0 Å². The lowest BCUT2D eigenvalue weighted by Gasteiger charge is -2.16. The molecular weight excluding hydrogens is 252 g/mol. The smallest absolute Gasteiger partial charge is 0.221 e. The molecule has 1 atom stereocenters. The molecule has 0 aliphatic heterocycles. The van der Waals surface area contributed by atoms with Crippen molar-refractivity contribution >= 4 is 17.3 Å². The zero-order valence-electron chi connectivity index (χ0n) is 11.6. The van der Waals surface area contributed by atoms with E-state index in [0.717, 1.165) is 16.9 Å². The molecule has 0 aliphatic rings. The highest BCUT2D eigenvalue weighted by molar-refractivity contribution is 5.89. The van der Waals surface area contributed by atoms with Crippen LogP contribution in [0.1, 0.15) is 25.5 Å². The molecule has 2 aromatic carbocycles. The summed E-state index contributed by atoms with van der Waals surface area (Å²) in [6, 6.07) is 14.7. The molecule has 4 nitrogen and oxygen atoms in total. The molecule has 3 N–H and O–H groups in total. The normalized spacial score (nSPS) is 11.7. The van der Waals surface area contributed by atoms with Gasteiger partial charge in [-0.2, -0.15) is 0 Å².